The summed E-state index contributed by atoms with van der Waals surface area (Å²) in [7, 11) is -3.18. The Hall–Kier alpha value is -1.11. The van der Waals surface area contributed by atoms with Crippen molar-refractivity contribution in [2.75, 3.05) is 18.6 Å². The van der Waals surface area contributed by atoms with Crippen molar-refractivity contribution in [3.05, 3.63) is 0 Å². The van der Waals surface area contributed by atoms with Gasteiger partial charge in [0.15, 0.2) is 0 Å². The van der Waals surface area contributed by atoms with E-state index in [4.69, 9.17) is 0 Å². The second kappa shape index (κ2) is 4.29. The van der Waals surface area contributed by atoms with Gasteiger partial charge in [0.1, 0.15) is 15.4 Å². The van der Waals surface area contributed by atoms with Gasteiger partial charge in [0.05, 0.1) is 12.3 Å². The van der Waals surface area contributed by atoms with E-state index in [1.165, 1.54) is 4.90 Å². The summed E-state index contributed by atoms with van der Waals surface area (Å²) in [5.74, 6) is -0.662. The van der Waals surface area contributed by atoms with Crippen molar-refractivity contribution in [3.8, 4) is 0 Å². The number of amides is 2. The number of rotatable bonds is 3. The quantitative estimate of drug-likeness (QED) is 0.718. The molecule has 0 aromatic heterocycles. The van der Waals surface area contributed by atoms with Gasteiger partial charge in [-0.25, -0.2) is 8.42 Å². The molecule has 2 amide bonds. The molecule has 0 aromatic rings. The molecule has 17 heavy (non-hydrogen) atoms. The van der Waals surface area contributed by atoms with Crippen LogP contribution in [-0.2, 0) is 19.4 Å². The van der Waals surface area contributed by atoms with Crippen LogP contribution in [0.1, 0.15) is 20.8 Å². The molecule has 1 aliphatic heterocycles. The number of piperazine rings is 1. The van der Waals surface area contributed by atoms with Crippen LogP contribution in [-0.4, -0.2) is 55.3 Å². The summed E-state index contributed by atoms with van der Waals surface area (Å²) >= 11 is 0. The van der Waals surface area contributed by atoms with Crippen LogP contribution in [0.4, 0.5) is 0 Å². The zero-order chi connectivity index (χ0) is 13.4. The van der Waals surface area contributed by atoms with Crippen LogP contribution >= 0.6 is 0 Å². The Morgan fingerprint density at radius 2 is 1.94 bits per heavy atom. The Morgan fingerprint density at radius 1 is 1.41 bits per heavy atom. The standard InChI is InChI=1S/C10H18N2O4S/c1-7(6-17(4,15)16)12-5-8(13)11-10(2,3)9(12)14/h7H,5-6H2,1-4H3,(H,11,13). The van der Waals surface area contributed by atoms with E-state index in [0.717, 1.165) is 6.26 Å². The van der Waals surface area contributed by atoms with Gasteiger partial charge in [-0.05, 0) is 20.8 Å². The molecule has 98 valence electrons. The van der Waals surface area contributed by atoms with Gasteiger partial charge in [0, 0.05) is 12.3 Å². The van der Waals surface area contributed by atoms with Gasteiger partial charge in [-0.15, -0.1) is 0 Å². The second-order valence-electron chi connectivity index (χ2n) is 5.05. The molecule has 1 saturated heterocycles. The van der Waals surface area contributed by atoms with Crippen molar-refractivity contribution in [2.24, 2.45) is 0 Å². The van der Waals surface area contributed by atoms with Crippen LogP contribution in [0.5, 0.6) is 0 Å². The van der Waals surface area contributed by atoms with Crippen LogP contribution in [0.15, 0.2) is 0 Å². The highest BCUT2D eigenvalue weighted by atomic mass is 32.2. The van der Waals surface area contributed by atoms with E-state index in [9.17, 15) is 18.0 Å². The Kier molecular flexibility index (Phi) is 3.52. The first-order chi connectivity index (χ1) is 7.53. The summed E-state index contributed by atoms with van der Waals surface area (Å²) in [4.78, 5) is 24.8. The lowest BCUT2D eigenvalue weighted by Crippen LogP contribution is -2.66. The zero-order valence-corrected chi connectivity index (χ0v) is 11.3. The van der Waals surface area contributed by atoms with Crippen LogP contribution in [0.3, 0.4) is 0 Å². The lowest BCUT2D eigenvalue weighted by molar-refractivity contribution is -0.150. The largest absolute Gasteiger partial charge is 0.341 e. The lowest BCUT2D eigenvalue weighted by Gasteiger charge is -2.40. The Labute approximate surface area is 101 Å². The molecule has 0 aliphatic carbocycles. The highest BCUT2D eigenvalue weighted by Crippen LogP contribution is 2.16. The van der Waals surface area contributed by atoms with Gasteiger partial charge in [0.2, 0.25) is 11.8 Å². The summed E-state index contributed by atoms with van der Waals surface area (Å²) in [5.41, 5.74) is -0.971. The first kappa shape index (κ1) is 14.0. The molecule has 1 fully saturated rings. The maximum absolute atomic E-state index is 12.0. The summed E-state index contributed by atoms with van der Waals surface area (Å²) in [6.45, 7) is 4.76. The van der Waals surface area contributed by atoms with E-state index in [2.05, 4.69) is 5.32 Å². The molecule has 1 rings (SSSR count). The van der Waals surface area contributed by atoms with E-state index in [1.54, 1.807) is 20.8 Å². The summed E-state index contributed by atoms with van der Waals surface area (Å²) < 4.78 is 22.4. The first-order valence-corrected chi connectivity index (χ1v) is 7.39. The van der Waals surface area contributed by atoms with Gasteiger partial charge in [-0.3, -0.25) is 9.59 Å². The molecule has 0 aromatic carbocycles. The fourth-order valence-electron chi connectivity index (χ4n) is 1.91. The molecule has 6 nitrogen and oxygen atoms in total. The van der Waals surface area contributed by atoms with Crippen molar-refractivity contribution in [3.63, 3.8) is 0 Å². The number of hydrogen-bond acceptors (Lipinski definition) is 4. The predicted octanol–water partition coefficient (Wildman–Crippen LogP) is -0.843. The third-order valence-electron chi connectivity index (χ3n) is 2.64. The molecule has 1 unspecified atom stereocenters. The van der Waals surface area contributed by atoms with Crippen LogP contribution < -0.4 is 5.32 Å². The third kappa shape index (κ3) is 3.42. The van der Waals surface area contributed by atoms with E-state index >= 15 is 0 Å². The minimum atomic E-state index is -3.18. The third-order valence-corrected chi connectivity index (χ3v) is 3.73. The van der Waals surface area contributed by atoms with Crippen LogP contribution in [0.2, 0.25) is 0 Å². The molecular weight excluding hydrogens is 244 g/mol. The van der Waals surface area contributed by atoms with Crippen molar-refractivity contribution in [1.82, 2.24) is 10.2 Å². The van der Waals surface area contributed by atoms with Crippen molar-refractivity contribution in [1.29, 1.82) is 0 Å². The Bertz CT molecular complexity index is 441. The molecule has 1 heterocycles. The molecule has 1 atom stereocenters. The zero-order valence-electron chi connectivity index (χ0n) is 10.5. The normalized spacial score (nSPS) is 22.2. The van der Waals surface area contributed by atoms with Gasteiger partial charge < -0.3 is 10.2 Å². The fraction of sp³-hybridized carbons (Fsp3) is 0.800. The average Bonchev–Trinajstić information content (AvgIpc) is 2.07. The smallest absolute Gasteiger partial charge is 0.248 e. The van der Waals surface area contributed by atoms with Crippen molar-refractivity contribution >= 4 is 21.7 Å². The highest BCUT2D eigenvalue weighted by Gasteiger charge is 2.41. The predicted molar refractivity (Wildman–Crippen MR) is 63.1 cm³/mol. The minimum Gasteiger partial charge on any atom is -0.341 e. The molecular formula is C10H18N2O4S. The highest BCUT2D eigenvalue weighted by molar-refractivity contribution is 7.90. The van der Waals surface area contributed by atoms with E-state index in [0.29, 0.717) is 0 Å². The Morgan fingerprint density at radius 3 is 2.41 bits per heavy atom. The molecule has 0 bridgehead atoms. The van der Waals surface area contributed by atoms with Gasteiger partial charge in [-0.1, -0.05) is 0 Å². The summed E-state index contributed by atoms with van der Waals surface area (Å²) in [6.07, 6.45) is 1.11. The number of carbonyl (C=O) groups excluding carboxylic acids is 2. The molecule has 0 spiro atoms. The Balaban J connectivity index is 2.89. The number of nitrogens with zero attached hydrogens (tertiary/aromatic N) is 1. The van der Waals surface area contributed by atoms with Gasteiger partial charge in [-0.2, -0.15) is 0 Å². The molecule has 1 aliphatic rings. The average molecular weight is 262 g/mol. The number of carbonyl (C=O) groups is 2. The second-order valence-corrected chi connectivity index (χ2v) is 7.23. The number of nitrogens with one attached hydrogen (secondary N) is 1. The van der Waals surface area contributed by atoms with E-state index < -0.39 is 21.4 Å². The van der Waals surface area contributed by atoms with Gasteiger partial charge >= 0.3 is 0 Å². The molecule has 7 heteroatoms. The molecule has 1 N–H and O–H groups in total. The fourth-order valence-corrected chi connectivity index (χ4v) is 2.97. The van der Waals surface area contributed by atoms with E-state index in [-0.39, 0.29) is 24.1 Å². The molecule has 0 saturated carbocycles. The van der Waals surface area contributed by atoms with Crippen molar-refractivity contribution in [2.45, 2.75) is 32.4 Å². The number of hydrogen-bond donors (Lipinski definition) is 1. The molecule has 0 radical (unpaired) electrons. The van der Waals surface area contributed by atoms with Crippen LogP contribution in [0, 0.1) is 0 Å². The maximum atomic E-state index is 12.0. The van der Waals surface area contributed by atoms with Crippen molar-refractivity contribution < 1.29 is 18.0 Å². The lowest BCUT2D eigenvalue weighted by atomic mass is 9.99. The topological polar surface area (TPSA) is 83.6 Å². The summed E-state index contributed by atoms with van der Waals surface area (Å²) in [5, 5.41) is 2.57. The minimum absolute atomic E-state index is 0.0844. The maximum Gasteiger partial charge on any atom is 0.248 e. The van der Waals surface area contributed by atoms with E-state index in [1.807, 2.05) is 0 Å². The van der Waals surface area contributed by atoms with Gasteiger partial charge in [0.25, 0.3) is 0 Å². The first-order valence-electron chi connectivity index (χ1n) is 5.33. The number of sulfone groups is 1. The SMILES string of the molecule is CC(CS(C)(=O)=O)N1CC(=O)NC(C)(C)C1=O. The monoisotopic (exact) mass is 262 g/mol. The van der Waals surface area contributed by atoms with Crippen LogP contribution in [0.25, 0.3) is 0 Å². The summed E-state index contributed by atoms with van der Waals surface area (Å²) in [6, 6.07) is -0.497.